The van der Waals surface area contributed by atoms with Gasteiger partial charge in [-0.3, -0.25) is 4.99 Å². The molecule has 0 spiro atoms. The van der Waals surface area contributed by atoms with Crippen LogP contribution < -0.4 is 10.6 Å². The fourth-order valence-corrected chi connectivity index (χ4v) is 4.00. The molecule has 0 bridgehead atoms. The van der Waals surface area contributed by atoms with Crippen LogP contribution >= 0.6 is 35.7 Å². The largest absolute Gasteiger partial charge is 0.354 e. The van der Waals surface area contributed by atoms with Gasteiger partial charge in [0.2, 0.25) is 0 Å². The van der Waals surface area contributed by atoms with Crippen LogP contribution in [0.25, 0.3) is 10.8 Å². The van der Waals surface area contributed by atoms with Crippen molar-refractivity contribution in [3.63, 3.8) is 0 Å². The van der Waals surface area contributed by atoms with E-state index in [1.54, 1.807) is 0 Å². The summed E-state index contributed by atoms with van der Waals surface area (Å²) in [7, 11) is 1.84. The highest BCUT2D eigenvalue weighted by atomic mass is 127. The zero-order valence-electron chi connectivity index (χ0n) is 14.3. The molecule has 0 saturated heterocycles. The Morgan fingerprint density at radius 2 is 1.96 bits per heavy atom. The molecule has 1 saturated carbocycles. The molecule has 1 fully saturated rings. The van der Waals surface area contributed by atoms with Crippen molar-refractivity contribution in [1.82, 2.24) is 10.6 Å². The number of hydrogen-bond donors (Lipinski definition) is 2. The Bertz CT molecular complexity index is 689. The van der Waals surface area contributed by atoms with E-state index in [2.05, 4.69) is 64.3 Å². The van der Waals surface area contributed by atoms with Crippen molar-refractivity contribution in [2.45, 2.75) is 37.1 Å². The average molecular weight is 455 g/mol. The number of hydrogen-bond acceptors (Lipinski definition) is 2. The van der Waals surface area contributed by atoms with Crippen molar-refractivity contribution in [2.24, 2.45) is 4.99 Å². The summed E-state index contributed by atoms with van der Waals surface area (Å²) in [5.74, 6) is 0.907. The lowest BCUT2D eigenvalue weighted by molar-refractivity contribution is 0.614. The topological polar surface area (TPSA) is 36.4 Å². The van der Waals surface area contributed by atoms with E-state index < -0.39 is 0 Å². The molecule has 2 N–H and O–H groups in total. The van der Waals surface area contributed by atoms with Crippen LogP contribution in [0.2, 0.25) is 0 Å². The first-order valence-electron chi connectivity index (χ1n) is 8.26. The van der Waals surface area contributed by atoms with Crippen LogP contribution in [0, 0.1) is 0 Å². The molecule has 2 aromatic rings. The zero-order valence-corrected chi connectivity index (χ0v) is 17.4. The third kappa shape index (κ3) is 5.02. The van der Waals surface area contributed by atoms with Crippen LogP contribution in [0.4, 0.5) is 0 Å². The molecule has 2 aromatic carbocycles. The van der Waals surface area contributed by atoms with Crippen LogP contribution in [0.3, 0.4) is 0 Å². The maximum atomic E-state index is 4.37. The molecule has 2 atom stereocenters. The van der Waals surface area contributed by atoms with Gasteiger partial charge >= 0.3 is 0 Å². The number of benzene rings is 2. The maximum absolute atomic E-state index is 4.37. The van der Waals surface area contributed by atoms with Gasteiger partial charge in [-0.2, -0.15) is 11.8 Å². The number of guanidine groups is 1. The Balaban J connectivity index is 0.00000208. The Morgan fingerprint density at radius 3 is 2.67 bits per heavy atom. The third-order valence-electron chi connectivity index (χ3n) is 4.56. The van der Waals surface area contributed by atoms with E-state index in [9.17, 15) is 0 Å². The van der Waals surface area contributed by atoms with E-state index >= 15 is 0 Å². The molecule has 0 heterocycles. The molecular formula is C19H26IN3S. The monoisotopic (exact) mass is 455 g/mol. The molecule has 5 heteroatoms. The van der Waals surface area contributed by atoms with Gasteiger partial charge in [0.05, 0.1) is 0 Å². The van der Waals surface area contributed by atoms with Gasteiger partial charge in [0, 0.05) is 24.9 Å². The number of thioether (sulfide) groups is 1. The van der Waals surface area contributed by atoms with Crippen LogP contribution in [-0.2, 0) is 6.54 Å². The van der Waals surface area contributed by atoms with E-state index in [0.29, 0.717) is 6.04 Å². The maximum Gasteiger partial charge on any atom is 0.191 e. The van der Waals surface area contributed by atoms with Gasteiger partial charge in [-0.05, 0) is 47.9 Å². The van der Waals surface area contributed by atoms with Crippen LogP contribution in [-0.4, -0.2) is 30.6 Å². The van der Waals surface area contributed by atoms with Gasteiger partial charge in [0.25, 0.3) is 0 Å². The van der Waals surface area contributed by atoms with Crippen molar-refractivity contribution >= 4 is 52.5 Å². The molecule has 0 aromatic heterocycles. The number of rotatable bonds is 4. The highest BCUT2D eigenvalue weighted by molar-refractivity contribution is 14.0. The third-order valence-corrected chi connectivity index (χ3v) is 5.65. The SMILES string of the molecule is CN=C(NCc1ccc2ccccc2c1)NC1CCC(SC)C1.I. The molecule has 2 unspecified atom stereocenters. The summed E-state index contributed by atoms with van der Waals surface area (Å²) < 4.78 is 0. The predicted molar refractivity (Wildman–Crippen MR) is 118 cm³/mol. The second kappa shape index (κ2) is 9.51. The van der Waals surface area contributed by atoms with Crippen molar-refractivity contribution in [2.75, 3.05) is 13.3 Å². The van der Waals surface area contributed by atoms with Crippen molar-refractivity contribution in [3.05, 3.63) is 48.0 Å². The summed E-state index contributed by atoms with van der Waals surface area (Å²) >= 11 is 1.98. The summed E-state index contributed by atoms with van der Waals surface area (Å²) in [6.07, 6.45) is 5.99. The molecule has 1 aliphatic rings. The van der Waals surface area contributed by atoms with Crippen LogP contribution in [0.5, 0.6) is 0 Å². The normalized spacial score (nSPS) is 20.7. The van der Waals surface area contributed by atoms with Crippen LogP contribution in [0.1, 0.15) is 24.8 Å². The van der Waals surface area contributed by atoms with Gasteiger partial charge in [0.15, 0.2) is 5.96 Å². The standard InChI is InChI=1S/C19H25N3S.HI/c1-20-19(22-17-9-10-18(12-17)23-2)21-13-14-7-8-15-5-3-4-6-16(15)11-14;/h3-8,11,17-18H,9-10,12-13H2,1-2H3,(H2,20,21,22);1H. The van der Waals surface area contributed by atoms with Gasteiger partial charge in [-0.15, -0.1) is 24.0 Å². The van der Waals surface area contributed by atoms with E-state index in [1.165, 1.54) is 35.6 Å². The molecule has 24 heavy (non-hydrogen) atoms. The van der Waals surface area contributed by atoms with Gasteiger partial charge in [-0.1, -0.05) is 36.4 Å². The summed E-state index contributed by atoms with van der Waals surface area (Å²) in [5, 5.41) is 10.4. The molecule has 0 aliphatic heterocycles. The Hall–Kier alpha value is -0.950. The molecule has 1 aliphatic carbocycles. The van der Waals surface area contributed by atoms with Crippen molar-refractivity contribution in [1.29, 1.82) is 0 Å². The first-order valence-corrected chi connectivity index (χ1v) is 9.55. The first-order chi connectivity index (χ1) is 11.3. The molecule has 0 radical (unpaired) electrons. The minimum absolute atomic E-state index is 0. The summed E-state index contributed by atoms with van der Waals surface area (Å²) in [5.41, 5.74) is 1.28. The second-order valence-corrected chi connectivity index (χ2v) is 7.26. The molecule has 130 valence electrons. The predicted octanol–water partition coefficient (Wildman–Crippen LogP) is 4.41. The number of fused-ring (bicyclic) bond motifs is 1. The van der Waals surface area contributed by atoms with Gasteiger partial charge < -0.3 is 10.6 Å². The van der Waals surface area contributed by atoms with E-state index in [1.807, 2.05) is 18.8 Å². The highest BCUT2D eigenvalue weighted by Gasteiger charge is 2.24. The van der Waals surface area contributed by atoms with Crippen LogP contribution in [0.15, 0.2) is 47.5 Å². The number of halogens is 1. The Morgan fingerprint density at radius 1 is 1.17 bits per heavy atom. The first kappa shape index (κ1) is 19.4. The summed E-state index contributed by atoms with van der Waals surface area (Å²) in [6.45, 7) is 0.795. The molecule has 3 rings (SSSR count). The minimum Gasteiger partial charge on any atom is -0.354 e. The summed E-state index contributed by atoms with van der Waals surface area (Å²) in [4.78, 5) is 4.37. The fraction of sp³-hybridized carbons (Fsp3) is 0.421. The number of nitrogens with zero attached hydrogens (tertiary/aromatic N) is 1. The molecular weight excluding hydrogens is 429 g/mol. The summed E-state index contributed by atoms with van der Waals surface area (Å²) in [6, 6.07) is 15.6. The molecule has 0 amide bonds. The number of nitrogens with one attached hydrogen (secondary N) is 2. The van der Waals surface area contributed by atoms with E-state index in [4.69, 9.17) is 0 Å². The van der Waals surface area contributed by atoms with E-state index in [0.717, 1.165) is 17.8 Å². The number of aliphatic imine (C=N–C) groups is 1. The Labute approximate surface area is 166 Å². The van der Waals surface area contributed by atoms with Crippen molar-refractivity contribution < 1.29 is 0 Å². The van der Waals surface area contributed by atoms with Gasteiger partial charge in [0.1, 0.15) is 0 Å². The lowest BCUT2D eigenvalue weighted by Crippen LogP contribution is -2.42. The average Bonchev–Trinajstić information content (AvgIpc) is 3.06. The smallest absolute Gasteiger partial charge is 0.191 e. The lowest BCUT2D eigenvalue weighted by Gasteiger charge is -2.17. The van der Waals surface area contributed by atoms with E-state index in [-0.39, 0.29) is 24.0 Å². The second-order valence-electron chi connectivity index (χ2n) is 6.12. The fourth-order valence-electron chi connectivity index (χ4n) is 3.21. The lowest BCUT2D eigenvalue weighted by atomic mass is 10.1. The quantitative estimate of drug-likeness (QED) is 0.408. The Kier molecular flexibility index (Phi) is 7.68. The zero-order chi connectivity index (χ0) is 16.1. The van der Waals surface area contributed by atoms with Gasteiger partial charge in [-0.25, -0.2) is 0 Å². The highest BCUT2D eigenvalue weighted by Crippen LogP contribution is 2.28. The van der Waals surface area contributed by atoms with Crippen molar-refractivity contribution in [3.8, 4) is 0 Å². The minimum atomic E-state index is 0. The molecule has 3 nitrogen and oxygen atoms in total.